The van der Waals surface area contributed by atoms with Gasteiger partial charge in [-0.3, -0.25) is 14.6 Å². The van der Waals surface area contributed by atoms with Crippen LogP contribution in [0.2, 0.25) is 0 Å². The minimum Gasteiger partial charge on any atom is -0.303 e. The Balaban J connectivity index is 0.838. The summed E-state index contributed by atoms with van der Waals surface area (Å²) in [6.07, 6.45) is 7.88. The lowest BCUT2D eigenvalue weighted by atomic mass is 10.0. The molecule has 0 atom stereocenters. The maximum Gasteiger partial charge on any atom is 0.240 e. The molecule has 4 aliphatic rings. The van der Waals surface area contributed by atoms with Crippen LogP contribution in [-0.2, 0) is 4.79 Å². The second-order valence-corrected chi connectivity index (χ2v) is 14.4. The van der Waals surface area contributed by atoms with E-state index in [9.17, 15) is 4.79 Å². The highest BCUT2D eigenvalue weighted by Crippen LogP contribution is 2.39. The molecule has 0 spiro atoms. The van der Waals surface area contributed by atoms with Crippen molar-refractivity contribution in [2.45, 2.75) is 60.5 Å². The molecule has 4 fully saturated rings. The van der Waals surface area contributed by atoms with Crippen molar-refractivity contribution in [1.82, 2.24) is 39.5 Å². The number of aromatic nitrogens is 5. The van der Waals surface area contributed by atoms with Crippen LogP contribution in [0.1, 0.15) is 50.1 Å². The molecular weight excluding hydrogens is 567 g/mol. The van der Waals surface area contributed by atoms with Gasteiger partial charge < -0.3 is 10.2 Å². The van der Waals surface area contributed by atoms with Crippen LogP contribution in [0.15, 0.2) is 40.4 Å². The third kappa shape index (κ3) is 6.05. The summed E-state index contributed by atoms with van der Waals surface area (Å²) in [5, 5.41) is 17.9. The van der Waals surface area contributed by atoms with Gasteiger partial charge in [-0.1, -0.05) is 11.3 Å². The fraction of sp³-hybridized carbons (Fsp3) is 0.567. The molecule has 3 aromatic heterocycles. The Morgan fingerprint density at radius 3 is 2.55 bits per heavy atom. The lowest BCUT2D eigenvalue weighted by Crippen LogP contribution is -2.54. The van der Waals surface area contributed by atoms with E-state index in [0.29, 0.717) is 23.6 Å². The molecule has 0 bridgehead atoms. The molecule has 0 radical (unpaired) electrons. The number of amides is 1. The van der Waals surface area contributed by atoms with Crippen LogP contribution < -0.4 is 5.32 Å². The standard InChI is InChI=1S/C30H37N9OS2/c40-28(19-37-13-15-38(16-14-37)22-9-11-36(12-10-22)18-20-1-2-20)32-29-31-25-6-5-23(17-26(25)42-29)41-30-34-33-27-8-7-24(21-3-4-21)35-39(27)30/h5-8,17,20-22H,1-4,9-16,18-19H2,(H,31,32,40). The van der Waals surface area contributed by atoms with E-state index in [1.165, 1.54) is 69.5 Å². The Hall–Kier alpha value is -2.64. The van der Waals surface area contributed by atoms with E-state index < -0.39 is 0 Å². The van der Waals surface area contributed by atoms with Crippen molar-refractivity contribution in [3.05, 3.63) is 36.0 Å². The van der Waals surface area contributed by atoms with Crippen molar-refractivity contribution in [2.24, 2.45) is 5.92 Å². The molecule has 0 unspecified atom stereocenters. The van der Waals surface area contributed by atoms with Crippen LogP contribution in [0.4, 0.5) is 5.13 Å². The summed E-state index contributed by atoms with van der Waals surface area (Å²) in [6.45, 7) is 8.25. The van der Waals surface area contributed by atoms with Gasteiger partial charge in [-0.2, -0.15) is 9.61 Å². The number of hydrogen-bond donors (Lipinski definition) is 1. The molecule has 2 aliphatic carbocycles. The number of likely N-dealkylation sites (tertiary alicyclic amines) is 1. The summed E-state index contributed by atoms with van der Waals surface area (Å²) < 4.78 is 2.88. The first-order valence-electron chi connectivity index (χ1n) is 15.4. The molecule has 2 saturated heterocycles. The quantitative estimate of drug-likeness (QED) is 0.302. The molecule has 5 heterocycles. The summed E-state index contributed by atoms with van der Waals surface area (Å²) in [7, 11) is 0. The number of anilines is 1. The van der Waals surface area contributed by atoms with E-state index in [2.05, 4.69) is 47.3 Å². The number of carbonyl (C=O) groups is 1. The van der Waals surface area contributed by atoms with Crippen LogP contribution in [-0.4, -0.2) is 104 Å². The number of nitrogens with one attached hydrogen (secondary N) is 1. The summed E-state index contributed by atoms with van der Waals surface area (Å²) in [6, 6.07) is 10.9. The molecule has 1 aromatic carbocycles. The number of carbonyl (C=O) groups excluding carboxylic acids is 1. The minimum absolute atomic E-state index is 0.0120. The van der Waals surface area contributed by atoms with E-state index in [0.717, 1.165) is 63.7 Å². The summed E-state index contributed by atoms with van der Waals surface area (Å²) >= 11 is 3.06. The number of nitrogens with zero attached hydrogens (tertiary/aromatic N) is 8. The predicted molar refractivity (Wildman–Crippen MR) is 165 cm³/mol. The smallest absolute Gasteiger partial charge is 0.240 e. The van der Waals surface area contributed by atoms with Gasteiger partial charge in [-0.25, -0.2) is 4.98 Å². The van der Waals surface area contributed by atoms with Gasteiger partial charge >= 0.3 is 0 Å². The summed E-state index contributed by atoms with van der Waals surface area (Å²) in [5.74, 6) is 1.57. The average molecular weight is 604 g/mol. The molecule has 2 aliphatic heterocycles. The van der Waals surface area contributed by atoms with E-state index in [1.807, 2.05) is 22.7 Å². The van der Waals surface area contributed by atoms with Gasteiger partial charge in [-0.15, -0.1) is 10.2 Å². The SMILES string of the molecule is O=C(CN1CCN(C2CCN(CC3CC3)CC2)CC1)Nc1nc2ccc(Sc3nnc4ccc(C5CC5)nn34)cc2s1. The first kappa shape index (κ1) is 26.9. The number of piperazine rings is 1. The van der Waals surface area contributed by atoms with Crippen molar-refractivity contribution in [3.63, 3.8) is 0 Å². The first-order valence-corrected chi connectivity index (χ1v) is 17.1. The van der Waals surface area contributed by atoms with Gasteiger partial charge in [0.25, 0.3) is 0 Å². The van der Waals surface area contributed by atoms with Crippen molar-refractivity contribution in [3.8, 4) is 0 Å². The molecule has 220 valence electrons. The Morgan fingerprint density at radius 1 is 0.929 bits per heavy atom. The van der Waals surface area contributed by atoms with Gasteiger partial charge in [0.1, 0.15) is 0 Å². The maximum atomic E-state index is 12.9. The van der Waals surface area contributed by atoms with Crippen LogP contribution >= 0.6 is 23.1 Å². The van der Waals surface area contributed by atoms with E-state index in [4.69, 9.17) is 5.10 Å². The molecule has 8 rings (SSSR count). The second-order valence-electron chi connectivity index (χ2n) is 12.4. The van der Waals surface area contributed by atoms with E-state index in [-0.39, 0.29) is 5.91 Å². The second kappa shape index (κ2) is 11.5. The van der Waals surface area contributed by atoms with Gasteiger partial charge in [0, 0.05) is 49.6 Å². The predicted octanol–water partition coefficient (Wildman–Crippen LogP) is 4.19. The molecular formula is C30H37N9OS2. The number of fused-ring (bicyclic) bond motifs is 2. The molecule has 12 heteroatoms. The Labute approximate surface area is 253 Å². The van der Waals surface area contributed by atoms with Crippen LogP contribution in [0.25, 0.3) is 15.9 Å². The van der Waals surface area contributed by atoms with Crippen molar-refractivity contribution in [2.75, 3.05) is 57.7 Å². The molecule has 1 amide bonds. The molecule has 4 aromatic rings. The monoisotopic (exact) mass is 603 g/mol. The topological polar surface area (TPSA) is 94.8 Å². The molecule has 2 saturated carbocycles. The third-order valence-corrected chi connectivity index (χ3v) is 11.0. The van der Waals surface area contributed by atoms with Crippen LogP contribution in [0.5, 0.6) is 0 Å². The number of hydrogen-bond acceptors (Lipinski definition) is 10. The van der Waals surface area contributed by atoms with Crippen LogP contribution in [0.3, 0.4) is 0 Å². The van der Waals surface area contributed by atoms with E-state index in [1.54, 1.807) is 11.8 Å². The average Bonchev–Trinajstić information content (AvgIpc) is 3.94. The van der Waals surface area contributed by atoms with Crippen LogP contribution in [0, 0.1) is 5.92 Å². The Morgan fingerprint density at radius 2 is 1.76 bits per heavy atom. The van der Waals surface area contributed by atoms with Crippen molar-refractivity contribution in [1.29, 1.82) is 0 Å². The van der Waals surface area contributed by atoms with E-state index >= 15 is 0 Å². The zero-order valence-electron chi connectivity index (χ0n) is 23.8. The van der Waals surface area contributed by atoms with Gasteiger partial charge in [-0.05, 0) is 99.6 Å². The third-order valence-electron chi connectivity index (χ3n) is 9.13. The molecule has 10 nitrogen and oxygen atoms in total. The highest BCUT2D eigenvalue weighted by molar-refractivity contribution is 7.99. The van der Waals surface area contributed by atoms with Crippen molar-refractivity contribution < 1.29 is 4.79 Å². The van der Waals surface area contributed by atoms with Crippen molar-refractivity contribution >= 4 is 50.0 Å². The lowest BCUT2D eigenvalue weighted by Gasteiger charge is -2.42. The number of rotatable bonds is 9. The van der Waals surface area contributed by atoms with Gasteiger partial charge in [0.2, 0.25) is 11.1 Å². The fourth-order valence-electron chi connectivity index (χ4n) is 6.35. The van der Waals surface area contributed by atoms with Gasteiger partial charge in [0.05, 0.1) is 22.5 Å². The first-order chi connectivity index (χ1) is 20.6. The molecule has 1 N–H and O–H groups in total. The number of benzene rings is 1. The fourth-order valence-corrected chi connectivity index (χ4v) is 8.17. The Kier molecular flexibility index (Phi) is 7.35. The highest BCUT2D eigenvalue weighted by Gasteiger charge is 2.31. The zero-order chi connectivity index (χ0) is 28.0. The zero-order valence-corrected chi connectivity index (χ0v) is 25.5. The van der Waals surface area contributed by atoms with Gasteiger partial charge in [0.15, 0.2) is 10.8 Å². The minimum atomic E-state index is 0.0120. The number of thiazole rings is 1. The largest absolute Gasteiger partial charge is 0.303 e. The maximum absolute atomic E-state index is 12.9. The normalized spacial score (nSPS) is 21.4. The number of piperidine rings is 1. The lowest BCUT2D eigenvalue weighted by molar-refractivity contribution is -0.117. The summed E-state index contributed by atoms with van der Waals surface area (Å²) in [4.78, 5) is 26.3. The highest BCUT2D eigenvalue weighted by atomic mass is 32.2. The Bertz CT molecular complexity index is 1580. The molecule has 42 heavy (non-hydrogen) atoms. The summed E-state index contributed by atoms with van der Waals surface area (Å²) in [5.41, 5.74) is 2.76.